The summed E-state index contributed by atoms with van der Waals surface area (Å²) < 4.78 is 5.33. The molecular formula is C18H20O3. The van der Waals surface area contributed by atoms with Gasteiger partial charge in [0.05, 0.1) is 6.61 Å². The first kappa shape index (κ1) is 14.3. The van der Waals surface area contributed by atoms with Gasteiger partial charge in [-0.25, -0.2) is 0 Å². The van der Waals surface area contributed by atoms with Crippen LogP contribution in [-0.4, -0.2) is 28.7 Å². The van der Waals surface area contributed by atoms with Gasteiger partial charge in [-0.05, 0) is 17.5 Å². The van der Waals surface area contributed by atoms with Crippen molar-refractivity contribution in [2.45, 2.75) is 24.7 Å². The van der Waals surface area contributed by atoms with E-state index in [2.05, 4.69) is 0 Å². The molecule has 3 heteroatoms. The van der Waals surface area contributed by atoms with Gasteiger partial charge in [0.1, 0.15) is 5.60 Å². The van der Waals surface area contributed by atoms with Crippen LogP contribution in [0.3, 0.4) is 0 Å². The van der Waals surface area contributed by atoms with Gasteiger partial charge < -0.3 is 14.9 Å². The molecule has 1 aliphatic heterocycles. The highest BCUT2D eigenvalue weighted by molar-refractivity contribution is 5.21. The summed E-state index contributed by atoms with van der Waals surface area (Å²) in [4.78, 5) is 0. The van der Waals surface area contributed by atoms with Crippen LogP contribution in [0.1, 0.15) is 11.1 Å². The Labute approximate surface area is 124 Å². The first-order valence-corrected chi connectivity index (χ1v) is 7.28. The molecule has 0 spiro atoms. The minimum absolute atomic E-state index is 0.116. The monoisotopic (exact) mass is 284 g/mol. The van der Waals surface area contributed by atoms with Gasteiger partial charge in [-0.1, -0.05) is 60.7 Å². The van der Waals surface area contributed by atoms with Gasteiger partial charge >= 0.3 is 0 Å². The Bertz CT molecular complexity index is 570. The van der Waals surface area contributed by atoms with Crippen molar-refractivity contribution in [2.75, 3.05) is 6.61 Å². The molecule has 0 radical (unpaired) electrons. The fourth-order valence-corrected chi connectivity index (χ4v) is 2.99. The number of aliphatic hydroxyl groups excluding tert-OH is 1. The van der Waals surface area contributed by atoms with E-state index in [4.69, 9.17) is 4.74 Å². The highest BCUT2D eigenvalue weighted by Gasteiger charge is 2.49. The Morgan fingerprint density at radius 2 is 1.52 bits per heavy atom. The Morgan fingerprint density at radius 1 is 0.952 bits per heavy atom. The SMILES string of the molecule is OC1OC[C@H](Cc2ccccc2)[C@@]1(O)Cc1ccccc1. The molecule has 3 nitrogen and oxygen atoms in total. The summed E-state index contributed by atoms with van der Waals surface area (Å²) >= 11 is 0. The van der Waals surface area contributed by atoms with Crippen molar-refractivity contribution >= 4 is 0 Å². The summed E-state index contributed by atoms with van der Waals surface area (Å²) in [5.74, 6) is -0.116. The van der Waals surface area contributed by atoms with Gasteiger partial charge in [-0.15, -0.1) is 0 Å². The van der Waals surface area contributed by atoms with Crippen molar-refractivity contribution in [3.8, 4) is 0 Å². The molecule has 1 fully saturated rings. The Balaban J connectivity index is 1.80. The van der Waals surface area contributed by atoms with Gasteiger partial charge in [0.15, 0.2) is 6.29 Å². The summed E-state index contributed by atoms with van der Waals surface area (Å²) in [6, 6.07) is 19.7. The first-order valence-electron chi connectivity index (χ1n) is 7.28. The molecule has 3 atom stereocenters. The smallest absolute Gasteiger partial charge is 0.184 e. The maximum absolute atomic E-state index is 11.0. The van der Waals surface area contributed by atoms with E-state index in [9.17, 15) is 10.2 Å². The van der Waals surface area contributed by atoms with Crippen LogP contribution in [-0.2, 0) is 17.6 Å². The number of rotatable bonds is 4. The number of hydrogen-bond acceptors (Lipinski definition) is 3. The van der Waals surface area contributed by atoms with E-state index in [0.717, 1.165) is 11.1 Å². The molecule has 2 aromatic rings. The number of benzene rings is 2. The van der Waals surface area contributed by atoms with Crippen molar-refractivity contribution in [3.63, 3.8) is 0 Å². The molecule has 0 saturated carbocycles. The van der Waals surface area contributed by atoms with Gasteiger partial charge in [0, 0.05) is 12.3 Å². The third kappa shape index (κ3) is 3.00. The zero-order valence-corrected chi connectivity index (χ0v) is 11.9. The predicted molar refractivity (Wildman–Crippen MR) is 80.7 cm³/mol. The molecule has 0 amide bonds. The second kappa shape index (κ2) is 5.98. The summed E-state index contributed by atoms with van der Waals surface area (Å²) in [5, 5.41) is 21.0. The van der Waals surface area contributed by atoms with Crippen molar-refractivity contribution in [2.24, 2.45) is 5.92 Å². The number of aliphatic hydroxyl groups is 2. The highest BCUT2D eigenvalue weighted by Crippen LogP contribution is 2.35. The van der Waals surface area contributed by atoms with Crippen molar-refractivity contribution in [1.82, 2.24) is 0 Å². The molecule has 21 heavy (non-hydrogen) atoms. The zero-order chi connectivity index (χ0) is 14.7. The Hall–Kier alpha value is -1.68. The molecule has 1 heterocycles. The number of ether oxygens (including phenoxy) is 1. The van der Waals surface area contributed by atoms with Gasteiger partial charge in [0.25, 0.3) is 0 Å². The van der Waals surface area contributed by atoms with Crippen LogP contribution in [0.2, 0.25) is 0 Å². The summed E-state index contributed by atoms with van der Waals surface area (Å²) in [7, 11) is 0. The van der Waals surface area contributed by atoms with Crippen LogP contribution in [0, 0.1) is 5.92 Å². The van der Waals surface area contributed by atoms with Crippen LogP contribution < -0.4 is 0 Å². The fraction of sp³-hybridized carbons (Fsp3) is 0.333. The van der Waals surface area contributed by atoms with E-state index >= 15 is 0 Å². The average Bonchev–Trinajstić information content (AvgIpc) is 2.78. The van der Waals surface area contributed by atoms with Crippen LogP contribution >= 0.6 is 0 Å². The van der Waals surface area contributed by atoms with Crippen LogP contribution in [0.15, 0.2) is 60.7 Å². The Morgan fingerprint density at radius 3 is 2.14 bits per heavy atom. The summed E-state index contributed by atoms with van der Waals surface area (Å²) in [6.45, 7) is 0.374. The number of hydrogen-bond donors (Lipinski definition) is 2. The fourth-order valence-electron chi connectivity index (χ4n) is 2.99. The van der Waals surface area contributed by atoms with Gasteiger partial charge in [-0.3, -0.25) is 0 Å². The van der Waals surface area contributed by atoms with E-state index in [1.165, 1.54) is 0 Å². The molecule has 110 valence electrons. The predicted octanol–water partition coefficient (Wildman–Crippen LogP) is 2.17. The van der Waals surface area contributed by atoms with Gasteiger partial charge in [-0.2, -0.15) is 0 Å². The molecule has 3 rings (SSSR count). The minimum Gasteiger partial charge on any atom is -0.384 e. The van der Waals surface area contributed by atoms with Crippen molar-refractivity contribution < 1.29 is 14.9 Å². The van der Waals surface area contributed by atoms with Crippen LogP contribution in [0.4, 0.5) is 0 Å². The lowest BCUT2D eigenvalue weighted by Crippen LogP contribution is -2.46. The normalized spacial score (nSPS) is 28.7. The first-order chi connectivity index (χ1) is 10.2. The lowest BCUT2D eigenvalue weighted by Gasteiger charge is -2.31. The minimum atomic E-state index is -1.24. The topological polar surface area (TPSA) is 49.7 Å². The molecule has 2 N–H and O–H groups in total. The van der Waals surface area contributed by atoms with E-state index in [0.29, 0.717) is 19.4 Å². The van der Waals surface area contributed by atoms with E-state index in [1.54, 1.807) is 0 Å². The van der Waals surface area contributed by atoms with E-state index < -0.39 is 11.9 Å². The van der Waals surface area contributed by atoms with Crippen LogP contribution in [0.5, 0.6) is 0 Å². The third-order valence-electron chi connectivity index (χ3n) is 4.24. The van der Waals surface area contributed by atoms with E-state index in [1.807, 2.05) is 60.7 Å². The second-order valence-electron chi connectivity index (χ2n) is 5.73. The molecule has 2 aromatic carbocycles. The van der Waals surface area contributed by atoms with E-state index in [-0.39, 0.29) is 5.92 Å². The van der Waals surface area contributed by atoms with Crippen molar-refractivity contribution in [3.05, 3.63) is 71.8 Å². The van der Waals surface area contributed by atoms with Gasteiger partial charge in [0.2, 0.25) is 0 Å². The lowest BCUT2D eigenvalue weighted by atomic mass is 9.80. The highest BCUT2D eigenvalue weighted by atomic mass is 16.6. The summed E-state index contributed by atoms with van der Waals surface area (Å²) in [5.41, 5.74) is 0.909. The molecule has 1 saturated heterocycles. The average molecular weight is 284 g/mol. The standard InChI is InChI=1S/C18H20O3/c19-17-18(20,12-15-9-5-2-6-10-15)16(13-21-17)11-14-7-3-1-4-8-14/h1-10,16-17,19-20H,11-13H2/t16-,17?,18-/m0/s1. The maximum Gasteiger partial charge on any atom is 0.184 e. The molecule has 0 bridgehead atoms. The molecule has 0 aliphatic carbocycles. The van der Waals surface area contributed by atoms with Crippen molar-refractivity contribution in [1.29, 1.82) is 0 Å². The molecular weight excluding hydrogens is 264 g/mol. The molecule has 1 aliphatic rings. The molecule has 1 unspecified atom stereocenters. The maximum atomic E-state index is 11.0. The summed E-state index contributed by atoms with van der Waals surface area (Å²) in [6.07, 6.45) is -0.0419. The molecule has 0 aromatic heterocycles. The Kier molecular flexibility index (Phi) is 4.06. The third-order valence-corrected chi connectivity index (χ3v) is 4.24. The van der Waals surface area contributed by atoms with Crippen LogP contribution in [0.25, 0.3) is 0 Å². The zero-order valence-electron chi connectivity index (χ0n) is 11.9. The lowest BCUT2D eigenvalue weighted by molar-refractivity contribution is -0.163. The quantitative estimate of drug-likeness (QED) is 0.904. The largest absolute Gasteiger partial charge is 0.384 e. The second-order valence-corrected chi connectivity index (χ2v) is 5.73.